The predicted octanol–water partition coefficient (Wildman–Crippen LogP) is 10.4. The zero-order chi connectivity index (χ0) is 22.4. The minimum atomic E-state index is 1.11. The van der Waals surface area contributed by atoms with Crippen LogP contribution in [-0.2, 0) is 0 Å². The summed E-state index contributed by atoms with van der Waals surface area (Å²) < 4.78 is 4.99. The summed E-state index contributed by atoms with van der Waals surface area (Å²) >= 11 is 7.94. The number of rotatable bonds is 3. The maximum absolute atomic E-state index is 3.68. The highest BCUT2D eigenvalue weighted by Crippen LogP contribution is 2.49. The van der Waals surface area contributed by atoms with Crippen molar-refractivity contribution in [1.82, 2.24) is 0 Å². The molecule has 0 aliphatic rings. The van der Waals surface area contributed by atoms with Crippen LogP contribution in [0.2, 0.25) is 0 Å². The van der Waals surface area contributed by atoms with Gasteiger partial charge in [-0.2, -0.15) is 0 Å². The molecule has 0 atom stereocenters. The summed E-state index contributed by atoms with van der Waals surface area (Å²) in [5.41, 5.74) is 7.61. The van der Waals surface area contributed by atoms with Crippen molar-refractivity contribution in [3.63, 3.8) is 0 Å². The highest BCUT2D eigenvalue weighted by Gasteiger charge is 2.20. The first-order chi connectivity index (χ1) is 16.2. The molecule has 0 amide bonds. The third-order valence-corrected chi connectivity index (χ3v) is 8.39. The van der Waals surface area contributed by atoms with Crippen molar-refractivity contribution in [3.8, 4) is 33.4 Å². The number of fused-ring (bicyclic) bond motifs is 3. The molecule has 0 N–H and O–H groups in total. The van der Waals surface area contributed by atoms with Crippen LogP contribution in [0, 0.1) is 3.57 Å². The van der Waals surface area contributed by atoms with Crippen LogP contribution < -0.4 is 0 Å². The van der Waals surface area contributed by atoms with Crippen LogP contribution in [-0.4, -0.2) is 0 Å². The molecule has 0 saturated heterocycles. The van der Waals surface area contributed by atoms with Crippen LogP contribution >= 0.6 is 49.9 Å². The lowest BCUT2D eigenvalue weighted by Gasteiger charge is -2.16. The van der Waals surface area contributed by atoms with Gasteiger partial charge < -0.3 is 0 Å². The standard InChI is InChI=1S/C30H18BrIS/c31-22-13-16-24-27(17-22)33-30-28(21-9-5-2-6-10-21)25(20-11-14-23(32)15-12-20)18-26(29(24)30)19-7-3-1-4-8-19/h1-18H. The second kappa shape index (κ2) is 8.71. The highest BCUT2D eigenvalue weighted by molar-refractivity contribution is 14.1. The molecule has 0 spiro atoms. The Kier molecular flexibility index (Phi) is 5.57. The third kappa shape index (κ3) is 3.82. The molecule has 158 valence electrons. The molecule has 0 aliphatic heterocycles. The van der Waals surface area contributed by atoms with Gasteiger partial charge in [0.25, 0.3) is 0 Å². The van der Waals surface area contributed by atoms with Gasteiger partial charge in [0.1, 0.15) is 0 Å². The Morgan fingerprint density at radius 2 is 1.24 bits per heavy atom. The van der Waals surface area contributed by atoms with E-state index in [4.69, 9.17) is 0 Å². The lowest BCUT2D eigenvalue weighted by molar-refractivity contribution is 1.59. The van der Waals surface area contributed by atoms with E-state index in [0.717, 1.165) is 4.47 Å². The van der Waals surface area contributed by atoms with Crippen LogP contribution in [0.4, 0.5) is 0 Å². The topological polar surface area (TPSA) is 0 Å². The Hall–Kier alpha value is -2.47. The molecule has 33 heavy (non-hydrogen) atoms. The summed E-state index contributed by atoms with van der Waals surface area (Å²) in [6.45, 7) is 0. The van der Waals surface area contributed by atoms with Gasteiger partial charge >= 0.3 is 0 Å². The molecule has 0 saturated carbocycles. The first-order valence-electron chi connectivity index (χ1n) is 10.7. The molecule has 1 aromatic heterocycles. The average Bonchev–Trinajstić information content (AvgIpc) is 3.23. The van der Waals surface area contributed by atoms with Gasteiger partial charge in [-0.15, -0.1) is 11.3 Å². The molecule has 0 fully saturated rings. The smallest absolute Gasteiger partial charge is 0.0446 e. The van der Waals surface area contributed by atoms with Crippen molar-refractivity contribution in [3.05, 3.63) is 117 Å². The Balaban J connectivity index is 1.82. The van der Waals surface area contributed by atoms with E-state index in [2.05, 4.69) is 148 Å². The first kappa shape index (κ1) is 21.1. The van der Waals surface area contributed by atoms with Crippen LogP contribution in [0.1, 0.15) is 0 Å². The molecule has 0 bridgehead atoms. The summed E-state index contributed by atoms with van der Waals surface area (Å²) in [4.78, 5) is 0. The predicted molar refractivity (Wildman–Crippen MR) is 156 cm³/mol. The SMILES string of the molecule is Brc1ccc2c(c1)sc1c(-c3ccccc3)c(-c3ccc(I)cc3)cc(-c3ccccc3)c12. The van der Waals surface area contributed by atoms with Gasteiger partial charge in [0.05, 0.1) is 0 Å². The van der Waals surface area contributed by atoms with Gasteiger partial charge in [-0.05, 0) is 80.7 Å². The van der Waals surface area contributed by atoms with E-state index in [1.807, 2.05) is 11.3 Å². The quantitative estimate of drug-likeness (QED) is 0.174. The second-order valence-electron chi connectivity index (χ2n) is 8.03. The summed E-state index contributed by atoms with van der Waals surface area (Å²) in [6, 6.07) is 39.5. The Bertz CT molecular complexity index is 1600. The van der Waals surface area contributed by atoms with Crippen LogP contribution in [0.3, 0.4) is 0 Å². The fourth-order valence-electron chi connectivity index (χ4n) is 4.52. The van der Waals surface area contributed by atoms with Crippen molar-refractivity contribution >= 4 is 70.0 Å². The van der Waals surface area contributed by atoms with E-state index in [-0.39, 0.29) is 0 Å². The third-order valence-electron chi connectivity index (χ3n) is 6.01. The molecule has 6 aromatic rings. The van der Waals surface area contributed by atoms with E-state index in [1.165, 1.54) is 57.1 Å². The van der Waals surface area contributed by atoms with Crippen LogP contribution in [0.25, 0.3) is 53.6 Å². The Morgan fingerprint density at radius 1 is 0.606 bits per heavy atom. The minimum absolute atomic E-state index is 1.11. The number of hydrogen-bond acceptors (Lipinski definition) is 1. The minimum Gasteiger partial charge on any atom is -0.134 e. The zero-order valence-electron chi connectivity index (χ0n) is 17.6. The largest absolute Gasteiger partial charge is 0.134 e. The van der Waals surface area contributed by atoms with E-state index >= 15 is 0 Å². The van der Waals surface area contributed by atoms with E-state index in [0.29, 0.717) is 0 Å². The summed E-state index contributed by atoms with van der Waals surface area (Å²) in [6.07, 6.45) is 0. The van der Waals surface area contributed by atoms with E-state index in [9.17, 15) is 0 Å². The molecule has 0 aliphatic carbocycles. The Labute approximate surface area is 219 Å². The van der Waals surface area contributed by atoms with E-state index < -0.39 is 0 Å². The normalized spacial score (nSPS) is 11.3. The maximum atomic E-state index is 3.68. The van der Waals surface area contributed by atoms with Crippen molar-refractivity contribution in [1.29, 1.82) is 0 Å². The van der Waals surface area contributed by atoms with Crippen molar-refractivity contribution < 1.29 is 0 Å². The molecule has 1 heterocycles. The molecule has 3 heteroatoms. The second-order valence-corrected chi connectivity index (χ2v) is 11.2. The molecule has 6 rings (SSSR count). The highest BCUT2D eigenvalue weighted by atomic mass is 127. The van der Waals surface area contributed by atoms with Gasteiger partial charge in [-0.3, -0.25) is 0 Å². The average molecular weight is 617 g/mol. The van der Waals surface area contributed by atoms with Gasteiger partial charge in [0, 0.05) is 33.8 Å². The van der Waals surface area contributed by atoms with Crippen molar-refractivity contribution in [2.24, 2.45) is 0 Å². The molecular weight excluding hydrogens is 599 g/mol. The molecule has 0 radical (unpaired) electrons. The van der Waals surface area contributed by atoms with Crippen molar-refractivity contribution in [2.75, 3.05) is 0 Å². The molecular formula is C30H18BrIS. The summed E-state index contributed by atoms with van der Waals surface area (Å²) in [7, 11) is 0. The van der Waals surface area contributed by atoms with Gasteiger partial charge in [-0.1, -0.05) is 94.8 Å². The van der Waals surface area contributed by atoms with Gasteiger partial charge in [0.2, 0.25) is 0 Å². The maximum Gasteiger partial charge on any atom is 0.0446 e. The fourth-order valence-corrected chi connectivity index (χ4v) is 6.73. The summed E-state index contributed by atoms with van der Waals surface area (Å²) in [5.74, 6) is 0. The molecule has 0 nitrogen and oxygen atoms in total. The molecule has 0 unspecified atom stereocenters. The van der Waals surface area contributed by atoms with Gasteiger partial charge in [-0.25, -0.2) is 0 Å². The van der Waals surface area contributed by atoms with E-state index in [1.54, 1.807) is 0 Å². The number of hydrogen-bond donors (Lipinski definition) is 0. The first-order valence-corrected chi connectivity index (χ1v) is 13.4. The Morgan fingerprint density at radius 3 is 1.94 bits per heavy atom. The summed E-state index contributed by atoms with van der Waals surface area (Å²) in [5, 5.41) is 2.64. The van der Waals surface area contributed by atoms with Crippen LogP contribution in [0.15, 0.2) is 114 Å². The molecule has 5 aromatic carbocycles. The lowest BCUT2D eigenvalue weighted by Crippen LogP contribution is -1.90. The zero-order valence-corrected chi connectivity index (χ0v) is 22.1. The lowest BCUT2D eigenvalue weighted by atomic mass is 9.88. The van der Waals surface area contributed by atoms with Gasteiger partial charge in [0.15, 0.2) is 0 Å². The number of halogens is 2. The van der Waals surface area contributed by atoms with Crippen LogP contribution in [0.5, 0.6) is 0 Å². The van der Waals surface area contributed by atoms with Crippen molar-refractivity contribution in [2.45, 2.75) is 0 Å². The fraction of sp³-hybridized carbons (Fsp3) is 0. The number of benzene rings is 5. The monoisotopic (exact) mass is 616 g/mol. The number of thiophene rings is 1.